The van der Waals surface area contributed by atoms with E-state index in [9.17, 15) is 14.7 Å². The van der Waals surface area contributed by atoms with Gasteiger partial charge in [-0.15, -0.1) is 0 Å². The largest absolute Gasteiger partial charge is 0.393 e. The highest BCUT2D eigenvalue weighted by Crippen LogP contribution is 2.75. The molecule has 1 aliphatic heterocycles. The Kier molecular flexibility index (Phi) is 7.88. The van der Waals surface area contributed by atoms with E-state index in [1.807, 2.05) is 29.3 Å². The number of nitrogens with zero attached hydrogens (tertiary/aromatic N) is 2. The van der Waals surface area contributed by atoms with Gasteiger partial charge in [-0.3, -0.25) is 4.79 Å². The summed E-state index contributed by atoms with van der Waals surface area (Å²) in [6, 6.07) is 10.0. The van der Waals surface area contributed by atoms with Crippen LogP contribution in [0.2, 0.25) is 0 Å². The second-order valence-corrected chi connectivity index (χ2v) is 19.0. The highest BCUT2D eigenvalue weighted by atomic mass is 16.3. The fourth-order valence-electron chi connectivity index (χ4n) is 13.6. The molecule has 0 spiro atoms. The summed E-state index contributed by atoms with van der Waals surface area (Å²) >= 11 is 0. The number of allylic oxidation sites excluding steroid dienone is 1. The summed E-state index contributed by atoms with van der Waals surface area (Å²) in [5.41, 5.74) is 4.01. The third kappa shape index (κ3) is 4.66. The predicted octanol–water partition coefficient (Wildman–Crippen LogP) is 9.02. The molecule has 2 aromatic rings. The van der Waals surface area contributed by atoms with Gasteiger partial charge >= 0.3 is 6.03 Å². The fourth-order valence-corrected chi connectivity index (χ4v) is 13.6. The van der Waals surface area contributed by atoms with Gasteiger partial charge in [0.05, 0.1) is 29.6 Å². The summed E-state index contributed by atoms with van der Waals surface area (Å²) < 4.78 is 0. The smallest absolute Gasteiger partial charge is 0.318 e. The zero-order valence-electron chi connectivity index (χ0n) is 31.6. The SMILES string of the molecule is CC(C)C1=C2[C@H]3CCC4[C@@]5(C)CC[C@H](O)C(C)(C)C5CC[C@@]4(C)[C@]3(C)CC[C@@]2(NC(=O)N2CCC[C@H]2c2ncc(-c3ccccc3)[nH]2)CC1=O. The van der Waals surface area contributed by atoms with Crippen LogP contribution in [0, 0.1) is 45.3 Å². The number of carbonyl (C=O) groups is 2. The van der Waals surface area contributed by atoms with Crippen LogP contribution in [-0.2, 0) is 4.79 Å². The molecule has 8 rings (SSSR count). The molecule has 1 saturated heterocycles. The number of imidazole rings is 1. The van der Waals surface area contributed by atoms with Gasteiger partial charge < -0.3 is 20.3 Å². The molecule has 4 saturated carbocycles. The van der Waals surface area contributed by atoms with Crippen LogP contribution in [0.15, 0.2) is 47.7 Å². The van der Waals surface area contributed by atoms with Crippen molar-refractivity contribution in [3.63, 3.8) is 0 Å². The number of Topliss-reactive ketones (excluding diaryl/α,β-unsaturated/α-hetero) is 1. The van der Waals surface area contributed by atoms with Gasteiger partial charge in [-0.05, 0) is 126 Å². The minimum absolute atomic E-state index is 0.0383. The number of amides is 2. The van der Waals surface area contributed by atoms with Gasteiger partial charge in [0.25, 0.3) is 0 Å². The van der Waals surface area contributed by atoms with Gasteiger partial charge in [-0.25, -0.2) is 9.78 Å². The van der Waals surface area contributed by atoms with Gasteiger partial charge in [0, 0.05) is 13.0 Å². The van der Waals surface area contributed by atoms with Gasteiger partial charge in [0.1, 0.15) is 5.82 Å². The van der Waals surface area contributed by atoms with Crippen molar-refractivity contribution in [2.75, 3.05) is 6.54 Å². The van der Waals surface area contributed by atoms with Gasteiger partial charge in [0.2, 0.25) is 0 Å². The number of fused-ring (bicyclic) bond motifs is 7. The minimum Gasteiger partial charge on any atom is -0.393 e. The molecule has 7 nitrogen and oxygen atoms in total. The summed E-state index contributed by atoms with van der Waals surface area (Å²) in [6.07, 6.45) is 12.2. The van der Waals surface area contributed by atoms with Crippen LogP contribution in [0.25, 0.3) is 11.3 Å². The molecule has 270 valence electrons. The zero-order valence-corrected chi connectivity index (χ0v) is 31.6. The molecule has 2 unspecified atom stereocenters. The van der Waals surface area contributed by atoms with E-state index in [0.717, 1.165) is 80.4 Å². The number of hydrogen-bond acceptors (Lipinski definition) is 4. The summed E-state index contributed by atoms with van der Waals surface area (Å²) in [7, 11) is 0. The third-order valence-corrected chi connectivity index (χ3v) is 16.3. The van der Waals surface area contributed by atoms with Crippen LogP contribution in [0.5, 0.6) is 0 Å². The fraction of sp³-hybridized carbons (Fsp3) is 0.698. The number of aliphatic hydroxyl groups excluding tert-OH is 1. The minimum atomic E-state index is -0.620. The summed E-state index contributed by atoms with van der Waals surface area (Å²) in [5.74, 6) is 2.57. The molecule has 1 aromatic carbocycles. The van der Waals surface area contributed by atoms with Crippen molar-refractivity contribution in [1.82, 2.24) is 20.2 Å². The van der Waals surface area contributed by atoms with Crippen molar-refractivity contribution in [3.8, 4) is 11.3 Å². The van der Waals surface area contributed by atoms with E-state index in [0.29, 0.717) is 24.8 Å². The maximum absolute atomic E-state index is 14.5. The first-order valence-corrected chi connectivity index (χ1v) is 19.8. The highest BCUT2D eigenvalue weighted by molar-refractivity contribution is 6.02. The van der Waals surface area contributed by atoms with Gasteiger partial charge in [-0.1, -0.05) is 78.8 Å². The Morgan fingerprint density at radius 2 is 1.70 bits per heavy atom. The number of likely N-dealkylation sites (tertiary alicyclic amines) is 1. The molecular weight excluding hydrogens is 620 g/mol. The Hall–Kier alpha value is -2.93. The zero-order chi connectivity index (χ0) is 35.4. The lowest BCUT2D eigenvalue weighted by Gasteiger charge is -2.72. The summed E-state index contributed by atoms with van der Waals surface area (Å²) in [6.45, 7) is 17.4. The second kappa shape index (κ2) is 11.5. The summed E-state index contributed by atoms with van der Waals surface area (Å²) in [4.78, 5) is 38.9. The average Bonchev–Trinajstić information content (AvgIpc) is 3.81. The molecule has 2 amide bonds. The quantitative estimate of drug-likeness (QED) is 0.300. The molecule has 9 atom stereocenters. The molecule has 1 aromatic heterocycles. The maximum atomic E-state index is 14.5. The van der Waals surface area contributed by atoms with Crippen LogP contribution < -0.4 is 5.32 Å². The number of rotatable bonds is 4. The van der Waals surface area contributed by atoms with E-state index < -0.39 is 5.54 Å². The standard InChI is InChI=1S/C43H60N4O3/c1-26(2)35-31(48)24-43(46-38(50)47-23-11-14-30(47)37-44-25-29(45-37)27-12-9-8-10-13-27)22-21-41(6)28(36(35)43)15-16-33-40(5)19-18-34(49)39(3,4)32(40)17-20-42(33,41)7/h8-10,12-13,25-26,28,30,32-34,49H,11,14-24H2,1-7H3,(H,44,45)(H,46,50)/t28-,30+,32?,33?,34+,40+,41-,42-,43-/m1/s1. The highest BCUT2D eigenvalue weighted by Gasteiger charge is 2.70. The summed E-state index contributed by atoms with van der Waals surface area (Å²) in [5, 5.41) is 14.8. The van der Waals surface area contributed by atoms with Gasteiger partial charge in [0.15, 0.2) is 5.78 Å². The molecule has 6 aliphatic rings. The lowest BCUT2D eigenvalue weighted by molar-refractivity contribution is -0.226. The van der Waals surface area contributed by atoms with E-state index in [1.165, 1.54) is 12.0 Å². The van der Waals surface area contributed by atoms with Crippen molar-refractivity contribution in [3.05, 3.63) is 53.5 Å². The number of aromatic amines is 1. The molecular formula is C43H60N4O3. The van der Waals surface area contributed by atoms with E-state index in [2.05, 4.69) is 70.9 Å². The first kappa shape index (κ1) is 34.2. The Morgan fingerprint density at radius 1 is 0.940 bits per heavy atom. The van der Waals surface area contributed by atoms with Crippen molar-refractivity contribution < 1.29 is 14.7 Å². The number of ketones is 1. The lowest BCUT2D eigenvalue weighted by atomic mass is 9.33. The van der Waals surface area contributed by atoms with Crippen LogP contribution in [-0.4, -0.2) is 50.0 Å². The number of benzene rings is 1. The van der Waals surface area contributed by atoms with Crippen molar-refractivity contribution >= 4 is 11.8 Å². The maximum Gasteiger partial charge on any atom is 0.318 e. The number of carbonyl (C=O) groups excluding carboxylic acids is 2. The Morgan fingerprint density at radius 3 is 2.44 bits per heavy atom. The normalized spacial score (nSPS) is 40.7. The van der Waals surface area contributed by atoms with Crippen LogP contribution >= 0.6 is 0 Å². The van der Waals surface area contributed by atoms with Crippen molar-refractivity contribution in [2.24, 2.45) is 45.3 Å². The number of urea groups is 1. The van der Waals surface area contributed by atoms with Gasteiger partial charge in [-0.2, -0.15) is 0 Å². The molecule has 7 heteroatoms. The lowest BCUT2D eigenvalue weighted by Crippen LogP contribution is -2.67. The van der Waals surface area contributed by atoms with Crippen LogP contribution in [0.4, 0.5) is 4.79 Å². The average molecular weight is 681 g/mol. The predicted molar refractivity (Wildman–Crippen MR) is 197 cm³/mol. The number of nitrogens with one attached hydrogen (secondary N) is 2. The van der Waals surface area contributed by atoms with E-state index in [-0.39, 0.29) is 57.5 Å². The Labute approximate surface area is 299 Å². The molecule has 0 radical (unpaired) electrons. The molecule has 3 N–H and O–H groups in total. The molecule has 50 heavy (non-hydrogen) atoms. The third-order valence-electron chi connectivity index (χ3n) is 16.3. The van der Waals surface area contributed by atoms with Crippen molar-refractivity contribution in [1.29, 1.82) is 0 Å². The molecule has 5 aliphatic carbocycles. The number of H-pyrrole nitrogens is 1. The molecule has 2 heterocycles. The number of hydrogen-bond donors (Lipinski definition) is 3. The Balaban J connectivity index is 1.11. The van der Waals surface area contributed by atoms with E-state index >= 15 is 0 Å². The Bertz CT molecular complexity index is 1710. The molecule has 5 fully saturated rings. The van der Waals surface area contributed by atoms with Crippen molar-refractivity contribution in [2.45, 2.75) is 137 Å². The topological polar surface area (TPSA) is 98.3 Å². The number of aromatic nitrogens is 2. The van der Waals surface area contributed by atoms with E-state index in [1.54, 1.807) is 0 Å². The van der Waals surface area contributed by atoms with Crippen LogP contribution in [0.1, 0.15) is 131 Å². The number of aliphatic hydroxyl groups is 1. The second-order valence-electron chi connectivity index (χ2n) is 19.0. The first-order chi connectivity index (χ1) is 23.7. The van der Waals surface area contributed by atoms with E-state index in [4.69, 9.17) is 4.98 Å². The van der Waals surface area contributed by atoms with Crippen LogP contribution in [0.3, 0.4) is 0 Å². The monoisotopic (exact) mass is 680 g/mol. The molecule has 0 bridgehead atoms. The first-order valence-electron chi connectivity index (χ1n) is 19.8.